The fourth-order valence-corrected chi connectivity index (χ4v) is 2.93. The number of hydrogen-bond donors (Lipinski definition) is 1. The molecule has 98 valence electrons. The van der Waals surface area contributed by atoms with Crippen molar-refractivity contribution in [2.45, 2.75) is 11.3 Å². The summed E-state index contributed by atoms with van der Waals surface area (Å²) >= 11 is 5.01. The first kappa shape index (κ1) is 13.9. The molecule has 0 bridgehead atoms. The highest BCUT2D eigenvalue weighted by Crippen LogP contribution is 2.21. The van der Waals surface area contributed by atoms with Crippen molar-refractivity contribution < 1.29 is 4.79 Å². The van der Waals surface area contributed by atoms with Gasteiger partial charge in [-0.2, -0.15) is 0 Å². The van der Waals surface area contributed by atoms with Gasteiger partial charge in [0.2, 0.25) is 5.91 Å². The van der Waals surface area contributed by atoms with Gasteiger partial charge < -0.3 is 10.2 Å². The fraction of sp³-hybridized carbons (Fsp3) is 0.462. The van der Waals surface area contributed by atoms with Crippen LogP contribution in [0.5, 0.6) is 0 Å². The van der Waals surface area contributed by atoms with E-state index in [1.54, 1.807) is 11.8 Å². The molecule has 1 aliphatic heterocycles. The molecule has 1 saturated heterocycles. The molecule has 18 heavy (non-hydrogen) atoms. The predicted octanol–water partition coefficient (Wildman–Crippen LogP) is 2.36. The van der Waals surface area contributed by atoms with Gasteiger partial charge in [0.25, 0.3) is 0 Å². The van der Waals surface area contributed by atoms with Crippen LogP contribution in [0.4, 0.5) is 0 Å². The van der Waals surface area contributed by atoms with Gasteiger partial charge in [0, 0.05) is 29.0 Å². The summed E-state index contributed by atoms with van der Waals surface area (Å²) in [7, 11) is 0. The quantitative estimate of drug-likeness (QED) is 0.864. The maximum Gasteiger partial charge on any atom is 0.232 e. The van der Waals surface area contributed by atoms with E-state index in [0.717, 1.165) is 42.0 Å². The second kappa shape index (κ2) is 7.16. The van der Waals surface area contributed by atoms with Gasteiger partial charge in [0.05, 0.1) is 5.75 Å². The molecule has 1 aromatic rings. The van der Waals surface area contributed by atoms with E-state index in [1.165, 1.54) is 0 Å². The first-order valence-corrected chi connectivity index (χ1v) is 7.90. The number of rotatable bonds is 3. The zero-order valence-corrected chi connectivity index (χ0v) is 12.6. The normalized spacial score (nSPS) is 16.4. The summed E-state index contributed by atoms with van der Waals surface area (Å²) < 4.78 is 1.07. The first-order valence-electron chi connectivity index (χ1n) is 6.12. The molecule has 0 aliphatic carbocycles. The minimum atomic E-state index is 0.242. The van der Waals surface area contributed by atoms with Gasteiger partial charge in [-0.05, 0) is 37.2 Å². The van der Waals surface area contributed by atoms with Gasteiger partial charge >= 0.3 is 0 Å². The average Bonchev–Trinajstić information content (AvgIpc) is 2.66. The Morgan fingerprint density at radius 3 is 2.83 bits per heavy atom. The molecular formula is C13H17BrN2OS. The summed E-state index contributed by atoms with van der Waals surface area (Å²) in [5.74, 6) is 0.772. The van der Waals surface area contributed by atoms with Crippen LogP contribution in [0.15, 0.2) is 33.6 Å². The van der Waals surface area contributed by atoms with Crippen LogP contribution in [0.2, 0.25) is 0 Å². The minimum absolute atomic E-state index is 0.242. The summed E-state index contributed by atoms with van der Waals surface area (Å²) in [5.41, 5.74) is 0. The first-order chi connectivity index (χ1) is 8.75. The number of amides is 1. The predicted molar refractivity (Wildman–Crippen MR) is 78.9 cm³/mol. The number of hydrogen-bond acceptors (Lipinski definition) is 3. The number of carbonyl (C=O) groups is 1. The second-order valence-corrected chi connectivity index (χ2v) is 6.19. The van der Waals surface area contributed by atoms with E-state index in [1.807, 2.05) is 29.2 Å². The van der Waals surface area contributed by atoms with Gasteiger partial charge in [-0.3, -0.25) is 4.79 Å². The summed E-state index contributed by atoms with van der Waals surface area (Å²) in [6.07, 6.45) is 1.05. The molecule has 0 spiro atoms. The SMILES string of the molecule is O=C(CSc1ccc(Br)cc1)N1CCCNCC1. The summed E-state index contributed by atoms with van der Waals surface area (Å²) in [5, 5.41) is 3.31. The van der Waals surface area contributed by atoms with Crippen LogP contribution in [-0.4, -0.2) is 42.7 Å². The van der Waals surface area contributed by atoms with E-state index in [-0.39, 0.29) is 5.91 Å². The molecule has 0 aromatic heterocycles. The summed E-state index contributed by atoms with van der Waals surface area (Å²) in [4.78, 5) is 15.2. The number of thioether (sulfide) groups is 1. The van der Waals surface area contributed by atoms with Gasteiger partial charge in [-0.1, -0.05) is 15.9 Å². The smallest absolute Gasteiger partial charge is 0.232 e. The molecule has 0 atom stereocenters. The van der Waals surface area contributed by atoms with Crippen LogP contribution < -0.4 is 5.32 Å². The molecule has 1 fully saturated rings. The van der Waals surface area contributed by atoms with E-state index < -0.39 is 0 Å². The Morgan fingerprint density at radius 2 is 2.06 bits per heavy atom. The third-order valence-electron chi connectivity index (χ3n) is 2.87. The van der Waals surface area contributed by atoms with Gasteiger partial charge in [-0.15, -0.1) is 11.8 Å². The lowest BCUT2D eigenvalue weighted by Gasteiger charge is -2.19. The van der Waals surface area contributed by atoms with Gasteiger partial charge in [0.15, 0.2) is 0 Å². The molecule has 1 amide bonds. The maximum absolute atomic E-state index is 12.1. The van der Waals surface area contributed by atoms with Crippen molar-refractivity contribution in [3.63, 3.8) is 0 Å². The molecule has 1 aromatic carbocycles. The second-order valence-electron chi connectivity index (χ2n) is 4.23. The molecule has 0 radical (unpaired) electrons. The number of benzene rings is 1. The van der Waals surface area contributed by atoms with E-state index in [2.05, 4.69) is 21.2 Å². The highest BCUT2D eigenvalue weighted by Gasteiger charge is 2.14. The van der Waals surface area contributed by atoms with Crippen LogP contribution in [0.3, 0.4) is 0 Å². The van der Waals surface area contributed by atoms with Crippen molar-refractivity contribution in [1.82, 2.24) is 10.2 Å². The minimum Gasteiger partial charge on any atom is -0.341 e. The lowest BCUT2D eigenvalue weighted by Crippen LogP contribution is -2.35. The third-order valence-corrected chi connectivity index (χ3v) is 4.39. The van der Waals surface area contributed by atoms with Crippen molar-refractivity contribution in [2.75, 3.05) is 31.9 Å². The lowest BCUT2D eigenvalue weighted by atomic mass is 10.4. The highest BCUT2D eigenvalue weighted by molar-refractivity contribution is 9.10. The van der Waals surface area contributed by atoms with Crippen molar-refractivity contribution >= 4 is 33.6 Å². The Kier molecular flexibility index (Phi) is 5.53. The molecule has 1 heterocycles. The molecular weight excluding hydrogens is 312 g/mol. The fourth-order valence-electron chi connectivity index (χ4n) is 1.86. The van der Waals surface area contributed by atoms with E-state index in [4.69, 9.17) is 0 Å². The largest absolute Gasteiger partial charge is 0.341 e. The Balaban J connectivity index is 1.81. The highest BCUT2D eigenvalue weighted by atomic mass is 79.9. The van der Waals surface area contributed by atoms with Crippen molar-refractivity contribution in [3.8, 4) is 0 Å². The monoisotopic (exact) mass is 328 g/mol. The zero-order valence-electron chi connectivity index (χ0n) is 10.2. The van der Waals surface area contributed by atoms with Crippen LogP contribution in [0, 0.1) is 0 Å². The van der Waals surface area contributed by atoms with Crippen LogP contribution in [-0.2, 0) is 4.79 Å². The van der Waals surface area contributed by atoms with Crippen molar-refractivity contribution in [3.05, 3.63) is 28.7 Å². The van der Waals surface area contributed by atoms with Crippen molar-refractivity contribution in [1.29, 1.82) is 0 Å². The van der Waals surface area contributed by atoms with Crippen LogP contribution in [0.25, 0.3) is 0 Å². The standard InChI is InChI=1S/C13H17BrN2OS/c14-11-2-4-12(5-3-11)18-10-13(17)16-8-1-6-15-7-9-16/h2-5,15H,1,6-10H2. The number of halogens is 1. The lowest BCUT2D eigenvalue weighted by molar-refractivity contribution is -0.128. The maximum atomic E-state index is 12.1. The number of nitrogens with one attached hydrogen (secondary N) is 1. The molecule has 0 saturated carbocycles. The van der Waals surface area contributed by atoms with E-state index in [0.29, 0.717) is 5.75 Å². The third kappa shape index (κ3) is 4.30. The van der Waals surface area contributed by atoms with Crippen LogP contribution in [0.1, 0.15) is 6.42 Å². The Bertz CT molecular complexity index is 388. The molecule has 2 rings (SSSR count). The Morgan fingerprint density at radius 1 is 1.28 bits per heavy atom. The van der Waals surface area contributed by atoms with Gasteiger partial charge in [0.1, 0.15) is 0 Å². The topological polar surface area (TPSA) is 32.3 Å². The van der Waals surface area contributed by atoms with Crippen LogP contribution >= 0.6 is 27.7 Å². The molecule has 0 unspecified atom stereocenters. The molecule has 3 nitrogen and oxygen atoms in total. The zero-order chi connectivity index (χ0) is 12.8. The summed E-state index contributed by atoms with van der Waals surface area (Å²) in [6, 6.07) is 8.07. The Hall–Kier alpha value is -0.520. The van der Waals surface area contributed by atoms with E-state index >= 15 is 0 Å². The van der Waals surface area contributed by atoms with Gasteiger partial charge in [-0.25, -0.2) is 0 Å². The molecule has 5 heteroatoms. The summed E-state index contributed by atoms with van der Waals surface area (Å²) in [6.45, 7) is 3.64. The van der Waals surface area contributed by atoms with Crippen molar-refractivity contribution in [2.24, 2.45) is 0 Å². The Labute approximate surface area is 120 Å². The van der Waals surface area contributed by atoms with E-state index in [9.17, 15) is 4.79 Å². The number of carbonyl (C=O) groups excluding carboxylic acids is 1. The molecule has 1 aliphatic rings. The number of nitrogens with zero attached hydrogens (tertiary/aromatic N) is 1. The average molecular weight is 329 g/mol. The molecule has 1 N–H and O–H groups in total.